The fourth-order valence-corrected chi connectivity index (χ4v) is 1.35. The van der Waals surface area contributed by atoms with Crippen LogP contribution >= 0.6 is 0 Å². The van der Waals surface area contributed by atoms with Gasteiger partial charge in [-0.1, -0.05) is 20.8 Å². The van der Waals surface area contributed by atoms with Gasteiger partial charge in [0.05, 0.1) is 6.61 Å². The molecule has 0 saturated heterocycles. The Morgan fingerprint density at radius 1 is 1.28 bits per heavy atom. The standard InChI is InChI=1S/C14H21NO3/c1-4-13(14(16)17-9-10(2)3)18-12-7-5-11(15)6-8-12/h5-8,10,13H,4,9,15H2,1-3H3. The highest BCUT2D eigenvalue weighted by molar-refractivity contribution is 5.75. The molecule has 4 heteroatoms. The minimum absolute atomic E-state index is 0.317. The molecule has 1 atom stereocenters. The van der Waals surface area contributed by atoms with Crippen LogP contribution in [-0.4, -0.2) is 18.7 Å². The molecule has 0 heterocycles. The molecule has 0 aliphatic rings. The highest BCUT2D eigenvalue weighted by Gasteiger charge is 2.20. The van der Waals surface area contributed by atoms with Gasteiger partial charge in [0, 0.05) is 5.69 Å². The van der Waals surface area contributed by atoms with Crippen molar-refractivity contribution in [1.82, 2.24) is 0 Å². The van der Waals surface area contributed by atoms with Crippen LogP contribution in [0.25, 0.3) is 0 Å². The smallest absolute Gasteiger partial charge is 0.347 e. The topological polar surface area (TPSA) is 61.5 Å². The molecule has 0 aliphatic carbocycles. The lowest BCUT2D eigenvalue weighted by Gasteiger charge is -2.17. The first-order chi connectivity index (χ1) is 8.52. The van der Waals surface area contributed by atoms with Crippen molar-refractivity contribution in [2.45, 2.75) is 33.3 Å². The summed E-state index contributed by atoms with van der Waals surface area (Å²) in [6.07, 6.45) is 0.00812. The van der Waals surface area contributed by atoms with Crippen LogP contribution in [0.1, 0.15) is 27.2 Å². The summed E-state index contributed by atoms with van der Waals surface area (Å²) in [4.78, 5) is 11.8. The summed E-state index contributed by atoms with van der Waals surface area (Å²) < 4.78 is 10.7. The maximum atomic E-state index is 11.8. The molecule has 2 N–H and O–H groups in total. The van der Waals surface area contributed by atoms with Crippen molar-refractivity contribution in [3.05, 3.63) is 24.3 Å². The van der Waals surface area contributed by atoms with Gasteiger partial charge in [-0.3, -0.25) is 0 Å². The first-order valence-corrected chi connectivity index (χ1v) is 6.21. The zero-order valence-corrected chi connectivity index (χ0v) is 11.2. The van der Waals surface area contributed by atoms with E-state index in [-0.39, 0.29) is 5.97 Å². The first-order valence-electron chi connectivity index (χ1n) is 6.21. The van der Waals surface area contributed by atoms with Gasteiger partial charge >= 0.3 is 5.97 Å². The summed E-state index contributed by atoms with van der Waals surface area (Å²) in [6.45, 7) is 6.29. The van der Waals surface area contributed by atoms with Crippen molar-refractivity contribution >= 4 is 11.7 Å². The van der Waals surface area contributed by atoms with E-state index >= 15 is 0 Å². The van der Waals surface area contributed by atoms with Crippen LogP contribution < -0.4 is 10.5 Å². The van der Waals surface area contributed by atoms with Gasteiger partial charge in [-0.05, 0) is 36.6 Å². The average Bonchev–Trinajstić information content (AvgIpc) is 2.35. The normalized spacial score (nSPS) is 12.2. The number of nitrogen functional groups attached to an aromatic ring is 1. The van der Waals surface area contributed by atoms with Gasteiger partial charge in [0.15, 0.2) is 6.10 Å². The van der Waals surface area contributed by atoms with Gasteiger partial charge in [-0.15, -0.1) is 0 Å². The van der Waals surface area contributed by atoms with E-state index in [0.29, 0.717) is 30.4 Å². The second kappa shape index (κ2) is 6.89. The lowest BCUT2D eigenvalue weighted by molar-refractivity contribution is -0.153. The Hall–Kier alpha value is -1.71. The quantitative estimate of drug-likeness (QED) is 0.623. The number of hydrogen-bond donors (Lipinski definition) is 1. The van der Waals surface area contributed by atoms with Crippen molar-refractivity contribution in [1.29, 1.82) is 0 Å². The Morgan fingerprint density at radius 3 is 2.39 bits per heavy atom. The summed E-state index contributed by atoms with van der Waals surface area (Å²) in [7, 11) is 0. The minimum atomic E-state index is -0.563. The number of ether oxygens (including phenoxy) is 2. The van der Waals surface area contributed by atoms with Crippen molar-refractivity contribution in [2.75, 3.05) is 12.3 Å². The molecule has 1 unspecified atom stereocenters. The Kier molecular flexibility index (Phi) is 5.49. The monoisotopic (exact) mass is 251 g/mol. The number of carbonyl (C=O) groups is 1. The van der Waals surface area contributed by atoms with E-state index in [1.165, 1.54) is 0 Å². The second-order valence-corrected chi connectivity index (χ2v) is 4.61. The number of rotatable bonds is 6. The molecule has 1 aromatic rings. The molecule has 0 fully saturated rings. The van der Waals surface area contributed by atoms with Crippen molar-refractivity contribution < 1.29 is 14.3 Å². The number of anilines is 1. The Labute approximate surface area is 108 Å². The summed E-state index contributed by atoms with van der Waals surface area (Å²) in [5.74, 6) is 0.628. The third-order valence-corrected chi connectivity index (χ3v) is 2.35. The van der Waals surface area contributed by atoms with E-state index in [1.807, 2.05) is 20.8 Å². The van der Waals surface area contributed by atoms with E-state index in [2.05, 4.69) is 0 Å². The lowest BCUT2D eigenvalue weighted by atomic mass is 10.2. The number of nitrogens with two attached hydrogens (primary N) is 1. The molecule has 0 radical (unpaired) electrons. The van der Waals surface area contributed by atoms with E-state index in [0.717, 1.165) is 0 Å². The van der Waals surface area contributed by atoms with Crippen LogP contribution in [-0.2, 0) is 9.53 Å². The molecule has 0 bridgehead atoms. The summed E-state index contributed by atoms with van der Waals surface area (Å²) in [5, 5.41) is 0. The molecule has 1 rings (SSSR count). The molecule has 100 valence electrons. The van der Waals surface area contributed by atoms with Gasteiger partial charge in [0.25, 0.3) is 0 Å². The largest absolute Gasteiger partial charge is 0.479 e. The van der Waals surface area contributed by atoms with Crippen LogP contribution in [0.3, 0.4) is 0 Å². The van der Waals surface area contributed by atoms with Gasteiger partial charge in [-0.25, -0.2) is 4.79 Å². The molecule has 0 spiro atoms. The maximum absolute atomic E-state index is 11.8. The van der Waals surface area contributed by atoms with Gasteiger partial charge in [0.2, 0.25) is 0 Å². The molecule has 0 aliphatic heterocycles. The first kappa shape index (κ1) is 14.4. The molecular weight excluding hydrogens is 230 g/mol. The zero-order chi connectivity index (χ0) is 13.5. The fourth-order valence-electron chi connectivity index (χ4n) is 1.35. The van der Waals surface area contributed by atoms with Gasteiger partial charge in [0.1, 0.15) is 5.75 Å². The lowest BCUT2D eigenvalue weighted by Crippen LogP contribution is -2.29. The van der Waals surface area contributed by atoms with E-state index in [4.69, 9.17) is 15.2 Å². The Morgan fingerprint density at radius 2 is 1.89 bits per heavy atom. The third kappa shape index (κ3) is 4.65. The number of hydrogen-bond acceptors (Lipinski definition) is 4. The van der Waals surface area contributed by atoms with E-state index < -0.39 is 6.10 Å². The molecule has 18 heavy (non-hydrogen) atoms. The number of benzene rings is 1. The van der Waals surface area contributed by atoms with Gasteiger partial charge < -0.3 is 15.2 Å². The molecule has 1 aromatic carbocycles. The Bertz CT molecular complexity index is 373. The highest BCUT2D eigenvalue weighted by atomic mass is 16.6. The predicted octanol–water partition coefficient (Wildman–Crippen LogP) is 2.63. The Balaban J connectivity index is 2.55. The van der Waals surface area contributed by atoms with Crippen molar-refractivity contribution in [2.24, 2.45) is 5.92 Å². The van der Waals surface area contributed by atoms with Crippen LogP contribution in [0.4, 0.5) is 5.69 Å². The average molecular weight is 251 g/mol. The molecule has 0 saturated carbocycles. The predicted molar refractivity (Wildman–Crippen MR) is 71.4 cm³/mol. The third-order valence-electron chi connectivity index (χ3n) is 2.35. The van der Waals surface area contributed by atoms with Crippen LogP contribution in [0.2, 0.25) is 0 Å². The molecule has 0 amide bonds. The molecule has 0 aromatic heterocycles. The van der Waals surface area contributed by atoms with Crippen LogP contribution in [0.5, 0.6) is 5.75 Å². The second-order valence-electron chi connectivity index (χ2n) is 4.61. The van der Waals surface area contributed by atoms with Crippen molar-refractivity contribution in [3.8, 4) is 5.75 Å². The highest BCUT2D eigenvalue weighted by Crippen LogP contribution is 2.16. The van der Waals surface area contributed by atoms with Crippen LogP contribution in [0, 0.1) is 5.92 Å². The maximum Gasteiger partial charge on any atom is 0.347 e. The zero-order valence-electron chi connectivity index (χ0n) is 11.2. The van der Waals surface area contributed by atoms with Crippen LogP contribution in [0.15, 0.2) is 24.3 Å². The summed E-state index contributed by atoms with van der Waals surface area (Å²) in [5.41, 5.74) is 6.25. The summed E-state index contributed by atoms with van der Waals surface area (Å²) in [6, 6.07) is 6.96. The van der Waals surface area contributed by atoms with Crippen molar-refractivity contribution in [3.63, 3.8) is 0 Å². The van der Waals surface area contributed by atoms with Gasteiger partial charge in [-0.2, -0.15) is 0 Å². The fraction of sp³-hybridized carbons (Fsp3) is 0.500. The van der Waals surface area contributed by atoms with E-state index in [9.17, 15) is 4.79 Å². The molecule has 4 nitrogen and oxygen atoms in total. The minimum Gasteiger partial charge on any atom is -0.479 e. The number of carbonyl (C=O) groups excluding carboxylic acids is 1. The molecular formula is C14H21NO3. The SMILES string of the molecule is CCC(Oc1ccc(N)cc1)C(=O)OCC(C)C. The number of esters is 1. The summed E-state index contributed by atoms with van der Waals surface area (Å²) >= 11 is 0. The van der Waals surface area contributed by atoms with E-state index in [1.54, 1.807) is 24.3 Å².